The lowest BCUT2D eigenvalue weighted by atomic mass is 9.99. The van der Waals surface area contributed by atoms with Crippen LogP contribution in [0.25, 0.3) is 0 Å². The molecule has 31 heavy (non-hydrogen) atoms. The Balaban J connectivity index is 3.22. The second-order valence-corrected chi connectivity index (χ2v) is 10.1. The van der Waals surface area contributed by atoms with Gasteiger partial charge in [0.05, 0.1) is 12.2 Å². The highest BCUT2D eigenvalue weighted by atomic mass is 16.3. The van der Waals surface area contributed by atoms with Gasteiger partial charge in [0, 0.05) is 0 Å². The first-order valence-electron chi connectivity index (χ1n) is 14.6. The Morgan fingerprint density at radius 3 is 0.742 bits per heavy atom. The summed E-state index contributed by atoms with van der Waals surface area (Å²) in [6.07, 6.45) is 31.4. The van der Waals surface area contributed by atoms with Crippen molar-refractivity contribution in [3.8, 4) is 0 Å². The predicted octanol–water partition coefficient (Wildman–Crippen LogP) is 9.50. The van der Waals surface area contributed by atoms with Gasteiger partial charge >= 0.3 is 0 Å². The molecule has 0 aromatic rings. The van der Waals surface area contributed by atoms with Crippen LogP contribution >= 0.6 is 0 Å². The van der Waals surface area contributed by atoms with E-state index in [1.54, 1.807) is 0 Å². The minimum Gasteiger partial charge on any atom is -0.390 e. The van der Waals surface area contributed by atoms with Crippen LogP contribution in [0.2, 0.25) is 0 Å². The first kappa shape index (κ1) is 30.9. The summed E-state index contributed by atoms with van der Waals surface area (Å²) in [7, 11) is 0. The number of unbranched alkanes of at least 4 members (excludes halogenated alkanes) is 21. The maximum Gasteiger partial charge on any atom is 0.0799 e. The molecule has 0 aromatic carbocycles. The van der Waals surface area contributed by atoms with Crippen molar-refractivity contribution >= 4 is 0 Å². The fraction of sp³-hybridized carbons (Fsp3) is 1.00. The predicted molar refractivity (Wildman–Crippen MR) is 139 cm³/mol. The van der Waals surface area contributed by atoms with Gasteiger partial charge in [-0.15, -0.1) is 0 Å². The molecule has 188 valence electrons. The molecule has 0 fully saturated rings. The molecule has 0 aliphatic heterocycles. The first-order valence-corrected chi connectivity index (χ1v) is 14.6. The summed E-state index contributed by atoms with van der Waals surface area (Å²) in [6.45, 7) is 4.52. The highest BCUT2D eigenvalue weighted by Crippen LogP contribution is 2.16. The molecule has 0 radical (unpaired) electrons. The van der Waals surface area contributed by atoms with Crippen molar-refractivity contribution in [2.24, 2.45) is 0 Å². The molecule has 0 bridgehead atoms. The van der Waals surface area contributed by atoms with Gasteiger partial charge in [0.15, 0.2) is 0 Å². The van der Waals surface area contributed by atoms with E-state index in [0.717, 1.165) is 25.7 Å². The van der Waals surface area contributed by atoms with Crippen molar-refractivity contribution in [3.63, 3.8) is 0 Å². The van der Waals surface area contributed by atoms with E-state index in [1.165, 1.54) is 135 Å². The highest BCUT2D eigenvalue weighted by Gasteiger charge is 2.15. The average Bonchev–Trinajstić information content (AvgIpc) is 2.77. The van der Waals surface area contributed by atoms with Gasteiger partial charge in [0.2, 0.25) is 0 Å². The lowest BCUT2D eigenvalue weighted by Crippen LogP contribution is -2.25. The molecule has 0 aromatic heterocycles. The molecule has 2 heteroatoms. The minimum atomic E-state index is -0.507. The topological polar surface area (TPSA) is 40.5 Å². The maximum absolute atomic E-state index is 10.1. The number of rotatable bonds is 26. The normalized spacial score (nSPS) is 13.5. The Morgan fingerprint density at radius 1 is 0.323 bits per heavy atom. The Hall–Kier alpha value is -0.0800. The lowest BCUT2D eigenvalue weighted by molar-refractivity contribution is 0.00712. The van der Waals surface area contributed by atoms with Gasteiger partial charge in [-0.25, -0.2) is 0 Å². The van der Waals surface area contributed by atoms with Crippen molar-refractivity contribution in [1.82, 2.24) is 0 Å². The molecular weight excluding hydrogens is 380 g/mol. The van der Waals surface area contributed by atoms with Crippen molar-refractivity contribution in [2.45, 2.75) is 187 Å². The van der Waals surface area contributed by atoms with Gasteiger partial charge in [-0.3, -0.25) is 0 Å². The van der Waals surface area contributed by atoms with E-state index in [9.17, 15) is 10.2 Å². The molecule has 2 N–H and O–H groups in total. The van der Waals surface area contributed by atoms with Crippen LogP contribution < -0.4 is 0 Å². The van der Waals surface area contributed by atoms with Crippen LogP contribution in [0, 0.1) is 0 Å². The number of aliphatic hydroxyl groups is 2. The lowest BCUT2D eigenvalue weighted by Gasteiger charge is -2.17. The Morgan fingerprint density at radius 2 is 0.516 bits per heavy atom. The third kappa shape index (κ3) is 24.4. The van der Waals surface area contributed by atoms with Crippen molar-refractivity contribution in [3.05, 3.63) is 0 Å². The molecule has 0 rings (SSSR count). The summed E-state index contributed by atoms with van der Waals surface area (Å²) in [5.74, 6) is 0. The van der Waals surface area contributed by atoms with E-state index in [1.807, 2.05) is 0 Å². The molecule has 0 spiro atoms. The van der Waals surface area contributed by atoms with E-state index in [2.05, 4.69) is 13.8 Å². The zero-order valence-corrected chi connectivity index (χ0v) is 21.7. The average molecular weight is 441 g/mol. The fourth-order valence-corrected chi connectivity index (χ4v) is 4.60. The molecule has 2 unspecified atom stereocenters. The number of hydrogen-bond acceptors (Lipinski definition) is 2. The van der Waals surface area contributed by atoms with Crippen LogP contribution in [0.1, 0.15) is 174 Å². The maximum atomic E-state index is 10.1. The SMILES string of the molecule is CCCCCCCCCCCCCCCCCCCC(O)C(O)CCCCCCCC. The summed E-state index contributed by atoms with van der Waals surface area (Å²) < 4.78 is 0. The highest BCUT2D eigenvalue weighted by molar-refractivity contribution is 4.67. The third-order valence-corrected chi connectivity index (χ3v) is 6.90. The fourth-order valence-electron chi connectivity index (χ4n) is 4.60. The van der Waals surface area contributed by atoms with E-state index in [4.69, 9.17) is 0 Å². The summed E-state index contributed by atoms with van der Waals surface area (Å²) in [5.41, 5.74) is 0. The van der Waals surface area contributed by atoms with Gasteiger partial charge in [-0.05, 0) is 12.8 Å². The minimum absolute atomic E-state index is 0.507. The van der Waals surface area contributed by atoms with Gasteiger partial charge in [0.1, 0.15) is 0 Å². The second-order valence-electron chi connectivity index (χ2n) is 10.1. The van der Waals surface area contributed by atoms with E-state index >= 15 is 0 Å². The smallest absolute Gasteiger partial charge is 0.0799 e. The molecule has 0 saturated carbocycles. The van der Waals surface area contributed by atoms with Crippen LogP contribution in [0.5, 0.6) is 0 Å². The Labute approximate surface area is 197 Å². The molecule has 2 nitrogen and oxygen atoms in total. The van der Waals surface area contributed by atoms with Gasteiger partial charge in [-0.2, -0.15) is 0 Å². The Kier molecular flexibility index (Phi) is 26.1. The van der Waals surface area contributed by atoms with E-state index in [-0.39, 0.29) is 0 Å². The van der Waals surface area contributed by atoms with Gasteiger partial charge in [-0.1, -0.05) is 162 Å². The third-order valence-electron chi connectivity index (χ3n) is 6.90. The quantitative estimate of drug-likeness (QED) is 0.131. The second kappa shape index (κ2) is 26.2. The Bertz CT molecular complexity index is 318. The zero-order valence-electron chi connectivity index (χ0n) is 21.7. The van der Waals surface area contributed by atoms with Crippen LogP contribution in [0.4, 0.5) is 0 Å². The monoisotopic (exact) mass is 440 g/mol. The van der Waals surface area contributed by atoms with Crippen LogP contribution in [-0.2, 0) is 0 Å². The van der Waals surface area contributed by atoms with Crippen LogP contribution in [-0.4, -0.2) is 22.4 Å². The first-order chi connectivity index (χ1) is 15.2. The van der Waals surface area contributed by atoms with E-state index < -0.39 is 12.2 Å². The summed E-state index contributed by atoms with van der Waals surface area (Å²) >= 11 is 0. The van der Waals surface area contributed by atoms with Gasteiger partial charge in [0.25, 0.3) is 0 Å². The van der Waals surface area contributed by atoms with Crippen LogP contribution in [0.3, 0.4) is 0 Å². The van der Waals surface area contributed by atoms with Crippen molar-refractivity contribution < 1.29 is 10.2 Å². The largest absolute Gasteiger partial charge is 0.390 e. The zero-order chi connectivity index (χ0) is 22.8. The summed E-state index contributed by atoms with van der Waals surface area (Å²) in [5, 5.41) is 20.2. The molecule has 0 amide bonds. The molecule has 0 saturated heterocycles. The summed E-state index contributed by atoms with van der Waals surface area (Å²) in [4.78, 5) is 0. The molecule has 2 atom stereocenters. The molecule has 0 aliphatic rings. The molecule has 0 heterocycles. The van der Waals surface area contributed by atoms with E-state index in [0.29, 0.717) is 0 Å². The molecular formula is C29H60O2. The molecule has 0 aliphatic carbocycles. The number of aliphatic hydroxyl groups excluding tert-OH is 2. The number of hydrogen-bond donors (Lipinski definition) is 2. The van der Waals surface area contributed by atoms with Crippen LogP contribution in [0.15, 0.2) is 0 Å². The standard InChI is InChI=1S/C29H60O2/c1-3-5-7-9-11-12-13-14-15-16-17-18-19-20-21-23-25-27-29(31)28(30)26-24-22-10-8-6-4-2/h28-31H,3-27H2,1-2H3. The van der Waals surface area contributed by atoms with Crippen molar-refractivity contribution in [2.75, 3.05) is 0 Å². The van der Waals surface area contributed by atoms with Gasteiger partial charge < -0.3 is 10.2 Å². The summed E-state index contributed by atoms with van der Waals surface area (Å²) in [6, 6.07) is 0. The van der Waals surface area contributed by atoms with Crippen molar-refractivity contribution in [1.29, 1.82) is 0 Å².